The minimum Gasteiger partial charge on any atom is -0.507 e. The zero-order chi connectivity index (χ0) is 29.3. The molecule has 1 aliphatic rings. The maximum absolute atomic E-state index is 13.7. The first-order chi connectivity index (χ1) is 19.0. The van der Waals surface area contributed by atoms with Gasteiger partial charge in [0.25, 0.3) is 11.7 Å². The van der Waals surface area contributed by atoms with E-state index >= 15 is 0 Å². The second-order valence-electron chi connectivity index (χ2n) is 10.3. The van der Waals surface area contributed by atoms with Crippen LogP contribution in [0.1, 0.15) is 66.1 Å². The van der Waals surface area contributed by atoms with Crippen LogP contribution in [0, 0.1) is 20.8 Å². The summed E-state index contributed by atoms with van der Waals surface area (Å²) in [7, 11) is 3.16. The minimum absolute atomic E-state index is 0.0128. The van der Waals surface area contributed by atoms with E-state index in [2.05, 4.69) is 0 Å². The molecule has 0 aliphatic carbocycles. The number of Topliss-reactive ketones (excluding diaryl/α,β-unsaturated/α-hetero) is 1. The Kier molecular flexibility index (Phi) is 8.24. The second kappa shape index (κ2) is 11.5. The van der Waals surface area contributed by atoms with Gasteiger partial charge in [-0.25, -0.2) is 0 Å². The van der Waals surface area contributed by atoms with Gasteiger partial charge >= 0.3 is 0 Å². The van der Waals surface area contributed by atoms with Crippen molar-refractivity contribution in [3.05, 3.63) is 87.5 Å². The fraction of sp³-hybridized carbons (Fsp3) is 0.333. The van der Waals surface area contributed by atoms with E-state index in [1.807, 2.05) is 71.9 Å². The number of ketones is 1. The SMILES string of the molecule is CCOc1cc(C2/C(=C(\O)c3cc(C(C)C)c(OC)cc3C)C(=O)C(=O)N2c2ccc(C)c(C)c2)ccc1OC. The van der Waals surface area contributed by atoms with Gasteiger partial charge in [-0.15, -0.1) is 0 Å². The molecule has 0 saturated carbocycles. The highest BCUT2D eigenvalue weighted by Gasteiger charge is 2.47. The van der Waals surface area contributed by atoms with Gasteiger partial charge in [0, 0.05) is 11.3 Å². The third kappa shape index (κ3) is 5.04. The van der Waals surface area contributed by atoms with Crippen LogP contribution >= 0.6 is 0 Å². The molecule has 4 rings (SSSR count). The topological polar surface area (TPSA) is 85.3 Å². The van der Waals surface area contributed by atoms with Gasteiger partial charge in [0.15, 0.2) is 11.5 Å². The van der Waals surface area contributed by atoms with Crippen LogP contribution in [0.3, 0.4) is 0 Å². The number of hydrogen-bond donors (Lipinski definition) is 1. The number of aliphatic hydroxyl groups excluding tert-OH is 1. The van der Waals surface area contributed by atoms with E-state index in [0.717, 1.165) is 22.3 Å². The van der Waals surface area contributed by atoms with Crippen molar-refractivity contribution in [3.63, 3.8) is 0 Å². The molecule has 1 aliphatic heterocycles. The van der Waals surface area contributed by atoms with Crippen molar-refractivity contribution in [2.24, 2.45) is 0 Å². The summed E-state index contributed by atoms with van der Waals surface area (Å²) >= 11 is 0. The van der Waals surface area contributed by atoms with E-state index in [9.17, 15) is 14.7 Å². The third-order valence-electron chi connectivity index (χ3n) is 7.47. The van der Waals surface area contributed by atoms with Crippen molar-refractivity contribution in [1.29, 1.82) is 0 Å². The fourth-order valence-corrected chi connectivity index (χ4v) is 5.15. The van der Waals surface area contributed by atoms with Crippen LogP contribution in [0.5, 0.6) is 17.2 Å². The van der Waals surface area contributed by atoms with Gasteiger partial charge in [-0.3, -0.25) is 14.5 Å². The van der Waals surface area contributed by atoms with Gasteiger partial charge in [-0.2, -0.15) is 0 Å². The van der Waals surface area contributed by atoms with Crippen LogP contribution in [0.25, 0.3) is 5.76 Å². The van der Waals surface area contributed by atoms with Gasteiger partial charge in [0.05, 0.1) is 32.4 Å². The molecule has 7 nitrogen and oxygen atoms in total. The maximum Gasteiger partial charge on any atom is 0.300 e. The normalized spacial score (nSPS) is 16.5. The highest BCUT2D eigenvalue weighted by atomic mass is 16.5. The first kappa shape index (κ1) is 28.7. The molecule has 1 amide bonds. The van der Waals surface area contributed by atoms with Crippen molar-refractivity contribution < 1.29 is 28.9 Å². The predicted molar refractivity (Wildman–Crippen MR) is 157 cm³/mol. The summed E-state index contributed by atoms with van der Waals surface area (Å²) in [5.41, 5.74) is 5.32. The number of methoxy groups -OCH3 is 2. The molecular weight excluding hydrogens is 506 g/mol. The summed E-state index contributed by atoms with van der Waals surface area (Å²) in [5.74, 6) is 0.122. The Morgan fingerprint density at radius 3 is 2.17 bits per heavy atom. The average Bonchev–Trinajstić information content (AvgIpc) is 3.19. The molecule has 3 aromatic rings. The molecule has 3 aromatic carbocycles. The van der Waals surface area contributed by atoms with Crippen molar-refractivity contribution in [3.8, 4) is 17.2 Å². The number of benzene rings is 3. The third-order valence-corrected chi connectivity index (χ3v) is 7.47. The molecule has 0 aromatic heterocycles. The molecule has 0 spiro atoms. The molecule has 1 heterocycles. The molecular formula is C33H37NO6. The first-order valence-electron chi connectivity index (χ1n) is 13.4. The predicted octanol–water partition coefficient (Wildman–Crippen LogP) is 6.78. The summed E-state index contributed by atoms with van der Waals surface area (Å²) in [5, 5.41) is 11.8. The molecule has 1 N–H and O–H groups in total. The lowest BCUT2D eigenvalue weighted by molar-refractivity contribution is -0.132. The number of carbonyl (C=O) groups is 2. The number of aliphatic hydroxyl groups is 1. The highest BCUT2D eigenvalue weighted by molar-refractivity contribution is 6.51. The van der Waals surface area contributed by atoms with Gasteiger partial charge < -0.3 is 19.3 Å². The van der Waals surface area contributed by atoms with Gasteiger partial charge in [-0.1, -0.05) is 26.0 Å². The summed E-state index contributed by atoms with van der Waals surface area (Å²) in [4.78, 5) is 28.9. The zero-order valence-corrected chi connectivity index (χ0v) is 24.4. The largest absolute Gasteiger partial charge is 0.507 e. The van der Waals surface area contributed by atoms with E-state index < -0.39 is 17.7 Å². The number of carbonyl (C=O) groups excluding carboxylic acids is 2. The Balaban J connectivity index is 2.02. The molecule has 40 heavy (non-hydrogen) atoms. The first-order valence-corrected chi connectivity index (χ1v) is 13.4. The van der Waals surface area contributed by atoms with Crippen LogP contribution in [0.15, 0.2) is 54.1 Å². The quantitative estimate of drug-likeness (QED) is 0.192. The monoisotopic (exact) mass is 543 g/mol. The number of rotatable bonds is 8. The van der Waals surface area contributed by atoms with Gasteiger partial charge in [0.1, 0.15) is 11.5 Å². The van der Waals surface area contributed by atoms with Crippen molar-refractivity contribution in [2.75, 3.05) is 25.7 Å². The molecule has 1 atom stereocenters. The van der Waals surface area contributed by atoms with Crippen molar-refractivity contribution >= 4 is 23.1 Å². The standard InChI is InChI=1S/C33H37NO6/c1-9-40-28-16-22(11-13-26(28)38-7)30-29(31(35)25-17-24(18(2)3)27(39-8)15-21(25)6)32(36)33(37)34(30)23-12-10-19(4)20(5)14-23/h10-18,30,35H,9H2,1-8H3/b31-29+. The number of nitrogens with zero attached hydrogens (tertiary/aromatic N) is 1. The van der Waals surface area contributed by atoms with Gasteiger partial charge in [-0.05, 0) is 97.8 Å². The molecule has 1 saturated heterocycles. The number of ether oxygens (including phenoxy) is 3. The van der Waals surface area contributed by atoms with Crippen molar-refractivity contribution in [2.45, 2.75) is 53.5 Å². The van der Waals surface area contributed by atoms with Crippen LogP contribution in [0.2, 0.25) is 0 Å². The number of anilines is 1. The van der Waals surface area contributed by atoms with Crippen LogP contribution in [-0.4, -0.2) is 37.6 Å². The lowest BCUT2D eigenvalue weighted by Gasteiger charge is -2.27. The van der Waals surface area contributed by atoms with E-state index in [0.29, 0.717) is 40.7 Å². The Labute approximate surface area is 236 Å². The Hall–Kier alpha value is -4.26. The van der Waals surface area contributed by atoms with Crippen LogP contribution < -0.4 is 19.1 Å². The smallest absolute Gasteiger partial charge is 0.300 e. The lowest BCUT2D eigenvalue weighted by Crippen LogP contribution is -2.29. The maximum atomic E-state index is 13.7. The summed E-state index contributed by atoms with van der Waals surface area (Å²) < 4.78 is 16.9. The fourth-order valence-electron chi connectivity index (χ4n) is 5.15. The average molecular weight is 544 g/mol. The second-order valence-corrected chi connectivity index (χ2v) is 10.3. The van der Waals surface area contributed by atoms with E-state index in [1.165, 1.54) is 4.90 Å². The van der Waals surface area contributed by atoms with E-state index in [1.54, 1.807) is 32.4 Å². The van der Waals surface area contributed by atoms with Crippen LogP contribution in [-0.2, 0) is 9.59 Å². The van der Waals surface area contributed by atoms with Crippen molar-refractivity contribution in [1.82, 2.24) is 0 Å². The van der Waals surface area contributed by atoms with Gasteiger partial charge in [0.2, 0.25) is 0 Å². The molecule has 0 radical (unpaired) electrons. The number of aryl methyl sites for hydroxylation is 3. The van der Waals surface area contributed by atoms with E-state index in [4.69, 9.17) is 14.2 Å². The minimum atomic E-state index is -0.892. The molecule has 1 unspecified atom stereocenters. The lowest BCUT2D eigenvalue weighted by atomic mass is 9.90. The Morgan fingerprint density at radius 2 is 1.57 bits per heavy atom. The number of hydrogen-bond acceptors (Lipinski definition) is 6. The summed E-state index contributed by atoms with van der Waals surface area (Å²) in [6.07, 6.45) is 0. The Morgan fingerprint density at radius 1 is 0.875 bits per heavy atom. The Bertz CT molecular complexity index is 1500. The highest BCUT2D eigenvalue weighted by Crippen LogP contribution is 2.45. The zero-order valence-electron chi connectivity index (χ0n) is 24.4. The van der Waals surface area contributed by atoms with E-state index in [-0.39, 0.29) is 17.3 Å². The molecule has 1 fully saturated rings. The summed E-state index contributed by atoms with van der Waals surface area (Å²) in [6.45, 7) is 12.1. The molecule has 210 valence electrons. The summed E-state index contributed by atoms with van der Waals surface area (Å²) in [6, 6.07) is 13.7. The van der Waals surface area contributed by atoms with Crippen LogP contribution in [0.4, 0.5) is 5.69 Å². The molecule has 0 bridgehead atoms. The number of amides is 1. The molecule has 7 heteroatoms.